The first-order chi connectivity index (χ1) is 10.4. The molecule has 0 aliphatic heterocycles. The topological polar surface area (TPSA) is 26.2 Å². The number of benzene rings is 1. The molecule has 2 rings (SSSR count). The molecule has 1 aromatic heterocycles. The molecule has 0 bridgehead atoms. The Balaban J connectivity index is 2.03. The summed E-state index contributed by atoms with van der Waals surface area (Å²) in [5.41, 5.74) is 2.80. The largest absolute Gasteiger partial charge is 0.380 e. The lowest BCUT2D eigenvalue weighted by atomic mass is 10.1. The highest BCUT2D eigenvalue weighted by molar-refractivity contribution is 5.83. The second kappa shape index (κ2) is 8.85. The normalized spacial score (nSPS) is 11.3. The summed E-state index contributed by atoms with van der Waals surface area (Å²) in [5.74, 6) is 0. The molecule has 0 saturated carbocycles. The minimum absolute atomic E-state index is 0.797. The van der Waals surface area contributed by atoms with Crippen molar-refractivity contribution in [2.75, 3.05) is 26.8 Å². The molecule has 1 aromatic carbocycles. The Morgan fingerprint density at radius 1 is 1.14 bits per heavy atom. The van der Waals surface area contributed by atoms with Crippen LogP contribution in [0.5, 0.6) is 0 Å². The number of unbranched alkanes of at least 4 members (excludes halogenated alkanes) is 1. The molecule has 0 aliphatic rings. The van der Waals surface area contributed by atoms with Crippen LogP contribution in [0.2, 0.25) is 0 Å². The van der Waals surface area contributed by atoms with Crippen LogP contribution in [0.15, 0.2) is 30.5 Å². The third-order valence-corrected chi connectivity index (χ3v) is 3.82. The summed E-state index contributed by atoms with van der Waals surface area (Å²) in [6.07, 6.45) is 7.03. The molecule has 3 heteroatoms. The fourth-order valence-electron chi connectivity index (χ4n) is 2.73. The Bertz CT molecular complexity index is 487. The molecule has 21 heavy (non-hydrogen) atoms. The van der Waals surface area contributed by atoms with E-state index >= 15 is 0 Å². The maximum absolute atomic E-state index is 5.63. The van der Waals surface area contributed by atoms with Crippen LogP contribution in [0.1, 0.15) is 31.7 Å². The van der Waals surface area contributed by atoms with Gasteiger partial charge in [0, 0.05) is 30.3 Å². The van der Waals surface area contributed by atoms with Gasteiger partial charge in [-0.25, -0.2) is 0 Å². The number of nitrogens with one attached hydrogen (secondary N) is 1. The van der Waals surface area contributed by atoms with Crippen molar-refractivity contribution in [2.45, 2.75) is 39.2 Å². The van der Waals surface area contributed by atoms with Crippen molar-refractivity contribution < 1.29 is 4.74 Å². The molecule has 116 valence electrons. The SMILES string of the molecule is CCCOCCn1cc(CCCCNC)c2ccccc21. The Kier molecular flexibility index (Phi) is 6.77. The summed E-state index contributed by atoms with van der Waals surface area (Å²) in [6.45, 7) is 5.84. The molecular weight excluding hydrogens is 260 g/mol. The van der Waals surface area contributed by atoms with E-state index in [0.29, 0.717) is 0 Å². The van der Waals surface area contributed by atoms with E-state index in [1.807, 2.05) is 7.05 Å². The van der Waals surface area contributed by atoms with Gasteiger partial charge in [0.2, 0.25) is 0 Å². The van der Waals surface area contributed by atoms with E-state index in [0.717, 1.165) is 39.1 Å². The smallest absolute Gasteiger partial charge is 0.0645 e. The van der Waals surface area contributed by atoms with Crippen molar-refractivity contribution >= 4 is 10.9 Å². The first kappa shape index (κ1) is 16.1. The summed E-state index contributed by atoms with van der Waals surface area (Å²) in [5, 5.41) is 4.61. The predicted molar refractivity (Wildman–Crippen MR) is 89.9 cm³/mol. The van der Waals surface area contributed by atoms with E-state index in [1.165, 1.54) is 29.3 Å². The second-order valence-electron chi connectivity index (χ2n) is 5.54. The Morgan fingerprint density at radius 3 is 2.81 bits per heavy atom. The van der Waals surface area contributed by atoms with Gasteiger partial charge in [0.25, 0.3) is 0 Å². The zero-order valence-electron chi connectivity index (χ0n) is 13.4. The van der Waals surface area contributed by atoms with Gasteiger partial charge in [0.05, 0.1) is 6.61 Å². The van der Waals surface area contributed by atoms with Gasteiger partial charge in [0.15, 0.2) is 0 Å². The van der Waals surface area contributed by atoms with Crippen LogP contribution < -0.4 is 5.32 Å². The molecule has 0 fully saturated rings. The molecular formula is C18H28N2O. The summed E-state index contributed by atoms with van der Waals surface area (Å²) in [7, 11) is 2.02. The molecule has 0 radical (unpaired) electrons. The molecule has 0 amide bonds. The van der Waals surface area contributed by atoms with Crippen LogP contribution in [0.4, 0.5) is 0 Å². The number of hydrogen-bond donors (Lipinski definition) is 1. The van der Waals surface area contributed by atoms with E-state index in [-0.39, 0.29) is 0 Å². The number of aryl methyl sites for hydroxylation is 1. The van der Waals surface area contributed by atoms with Gasteiger partial charge in [-0.1, -0.05) is 25.1 Å². The van der Waals surface area contributed by atoms with E-state index < -0.39 is 0 Å². The van der Waals surface area contributed by atoms with E-state index in [9.17, 15) is 0 Å². The molecule has 0 unspecified atom stereocenters. The van der Waals surface area contributed by atoms with Crippen molar-refractivity contribution in [3.63, 3.8) is 0 Å². The van der Waals surface area contributed by atoms with Gasteiger partial charge in [-0.05, 0) is 50.9 Å². The minimum atomic E-state index is 0.797. The molecule has 2 aromatic rings. The Morgan fingerprint density at radius 2 is 2.00 bits per heavy atom. The third kappa shape index (κ3) is 4.58. The quantitative estimate of drug-likeness (QED) is 0.676. The van der Waals surface area contributed by atoms with E-state index in [4.69, 9.17) is 4.74 Å². The molecule has 0 aliphatic carbocycles. The lowest BCUT2D eigenvalue weighted by Crippen LogP contribution is -2.07. The Labute approximate surface area is 128 Å². The van der Waals surface area contributed by atoms with Crippen LogP contribution in [-0.2, 0) is 17.7 Å². The number of para-hydroxylation sites is 1. The molecule has 3 nitrogen and oxygen atoms in total. The van der Waals surface area contributed by atoms with Gasteiger partial charge < -0.3 is 14.6 Å². The summed E-state index contributed by atoms with van der Waals surface area (Å²) >= 11 is 0. The second-order valence-corrected chi connectivity index (χ2v) is 5.54. The van der Waals surface area contributed by atoms with Crippen LogP contribution >= 0.6 is 0 Å². The van der Waals surface area contributed by atoms with Crippen molar-refractivity contribution in [2.24, 2.45) is 0 Å². The van der Waals surface area contributed by atoms with Crippen LogP contribution in [-0.4, -0.2) is 31.4 Å². The first-order valence-corrected chi connectivity index (χ1v) is 8.16. The summed E-state index contributed by atoms with van der Waals surface area (Å²) < 4.78 is 7.97. The predicted octanol–water partition coefficient (Wildman–Crippen LogP) is 3.61. The van der Waals surface area contributed by atoms with Crippen molar-refractivity contribution in [1.82, 2.24) is 9.88 Å². The summed E-state index contributed by atoms with van der Waals surface area (Å²) in [4.78, 5) is 0. The molecule has 1 N–H and O–H groups in total. The average molecular weight is 288 g/mol. The fourth-order valence-corrected chi connectivity index (χ4v) is 2.73. The number of ether oxygens (including phenoxy) is 1. The van der Waals surface area contributed by atoms with Gasteiger partial charge in [-0.3, -0.25) is 0 Å². The zero-order chi connectivity index (χ0) is 14.9. The number of aromatic nitrogens is 1. The standard InChI is InChI=1S/C18H28N2O/c1-3-13-21-14-12-20-15-16(8-6-7-11-19-2)17-9-4-5-10-18(17)20/h4-5,9-10,15,19H,3,6-8,11-14H2,1-2H3. The number of hydrogen-bond acceptors (Lipinski definition) is 2. The fraction of sp³-hybridized carbons (Fsp3) is 0.556. The van der Waals surface area contributed by atoms with Crippen LogP contribution in [0.3, 0.4) is 0 Å². The van der Waals surface area contributed by atoms with Crippen LogP contribution in [0.25, 0.3) is 10.9 Å². The zero-order valence-corrected chi connectivity index (χ0v) is 13.4. The monoisotopic (exact) mass is 288 g/mol. The lowest BCUT2D eigenvalue weighted by molar-refractivity contribution is 0.127. The maximum Gasteiger partial charge on any atom is 0.0645 e. The van der Waals surface area contributed by atoms with E-state index in [2.05, 4.69) is 47.3 Å². The minimum Gasteiger partial charge on any atom is -0.380 e. The van der Waals surface area contributed by atoms with Gasteiger partial charge in [0.1, 0.15) is 0 Å². The van der Waals surface area contributed by atoms with Gasteiger partial charge in [-0.2, -0.15) is 0 Å². The lowest BCUT2D eigenvalue weighted by Gasteiger charge is -2.05. The van der Waals surface area contributed by atoms with E-state index in [1.54, 1.807) is 0 Å². The average Bonchev–Trinajstić information content (AvgIpc) is 2.87. The van der Waals surface area contributed by atoms with Crippen molar-refractivity contribution in [3.8, 4) is 0 Å². The van der Waals surface area contributed by atoms with Crippen molar-refractivity contribution in [3.05, 3.63) is 36.0 Å². The van der Waals surface area contributed by atoms with Crippen molar-refractivity contribution in [1.29, 1.82) is 0 Å². The Hall–Kier alpha value is -1.32. The highest BCUT2D eigenvalue weighted by atomic mass is 16.5. The van der Waals surface area contributed by atoms with Crippen LogP contribution in [0, 0.1) is 0 Å². The van der Waals surface area contributed by atoms with Gasteiger partial charge >= 0.3 is 0 Å². The highest BCUT2D eigenvalue weighted by Gasteiger charge is 2.07. The highest BCUT2D eigenvalue weighted by Crippen LogP contribution is 2.22. The molecule has 1 heterocycles. The number of fused-ring (bicyclic) bond motifs is 1. The number of nitrogens with zero attached hydrogens (tertiary/aromatic N) is 1. The molecule has 0 spiro atoms. The van der Waals surface area contributed by atoms with Gasteiger partial charge in [-0.15, -0.1) is 0 Å². The third-order valence-electron chi connectivity index (χ3n) is 3.82. The molecule has 0 atom stereocenters. The molecule has 0 saturated heterocycles. The first-order valence-electron chi connectivity index (χ1n) is 8.16. The summed E-state index contributed by atoms with van der Waals surface area (Å²) in [6, 6.07) is 8.71. The number of rotatable bonds is 10. The maximum atomic E-state index is 5.63.